The highest BCUT2D eigenvalue weighted by Gasteiger charge is 2.38. The molecule has 2 aliphatic heterocycles. The van der Waals surface area contributed by atoms with Crippen LogP contribution in [0.25, 0.3) is 10.9 Å². The fourth-order valence-corrected chi connectivity index (χ4v) is 3.77. The van der Waals surface area contributed by atoms with Gasteiger partial charge in [0, 0.05) is 35.2 Å². The Balaban J connectivity index is 1.26. The van der Waals surface area contributed by atoms with E-state index in [-0.39, 0.29) is 11.8 Å². The van der Waals surface area contributed by atoms with Crippen molar-refractivity contribution in [1.82, 2.24) is 15.2 Å². The Morgan fingerprint density at radius 1 is 1.10 bits per heavy atom. The molecule has 7 heteroatoms. The molecule has 1 saturated heterocycles. The van der Waals surface area contributed by atoms with Crippen molar-refractivity contribution in [3.8, 4) is 0 Å². The van der Waals surface area contributed by atoms with Crippen molar-refractivity contribution in [2.24, 2.45) is 4.99 Å². The average Bonchev–Trinajstić information content (AvgIpc) is 3.37. The molecule has 3 N–H and O–H groups in total. The van der Waals surface area contributed by atoms with Crippen LogP contribution in [0, 0.1) is 0 Å². The van der Waals surface area contributed by atoms with Crippen LogP contribution in [0.15, 0.2) is 59.6 Å². The summed E-state index contributed by atoms with van der Waals surface area (Å²) in [6.07, 6.45) is 0.663. The van der Waals surface area contributed by atoms with Gasteiger partial charge in [0.1, 0.15) is 17.6 Å². The van der Waals surface area contributed by atoms with Crippen molar-refractivity contribution in [2.45, 2.75) is 12.5 Å². The lowest BCUT2D eigenvalue weighted by Gasteiger charge is -2.39. The first-order chi connectivity index (χ1) is 14.2. The van der Waals surface area contributed by atoms with E-state index in [4.69, 9.17) is 0 Å². The van der Waals surface area contributed by atoms with Crippen LogP contribution in [-0.2, 0) is 4.79 Å². The highest BCUT2D eigenvalue weighted by Crippen LogP contribution is 2.24. The fourth-order valence-electron chi connectivity index (χ4n) is 3.77. The van der Waals surface area contributed by atoms with E-state index in [2.05, 4.69) is 20.6 Å². The van der Waals surface area contributed by atoms with E-state index < -0.39 is 6.04 Å². The molecule has 2 aromatic carbocycles. The number of H-pyrrole nitrogens is 1. The molecule has 1 aromatic heterocycles. The van der Waals surface area contributed by atoms with Crippen LogP contribution in [0.4, 0.5) is 5.69 Å². The Bertz CT molecular complexity index is 1080. The van der Waals surface area contributed by atoms with Gasteiger partial charge in [0.25, 0.3) is 5.91 Å². The first kappa shape index (κ1) is 17.5. The fraction of sp³-hybridized carbons (Fsp3) is 0.227. The van der Waals surface area contributed by atoms with Gasteiger partial charge in [-0.15, -0.1) is 0 Å². The Hall–Kier alpha value is -3.61. The van der Waals surface area contributed by atoms with E-state index in [9.17, 15) is 9.59 Å². The second kappa shape index (κ2) is 7.09. The zero-order valence-corrected chi connectivity index (χ0v) is 15.8. The van der Waals surface area contributed by atoms with Gasteiger partial charge < -0.3 is 20.5 Å². The summed E-state index contributed by atoms with van der Waals surface area (Å²) in [4.78, 5) is 34.7. The maximum atomic E-state index is 12.9. The number of aromatic amines is 1. The van der Waals surface area contributed by atoms with Gasteiger partial charge in [0.05, 0.1) is 6.54 Å². The molecule has 0 aliphatic carbocycles. The number of hydrogen-bond acceptors (Lipinski definition) is 4. The minimum atomic E-state index is -0.450. The molecule has 2 amide bonds. The summed E-state index contributed by atoms with van der Waals surface area (Å²) in [6.45, 7) is 2.22. The lowest BCUT2D eigenvalue weighted by molar-refractivity contribution is -0.123. The lowest BCUT2D eigenvalue weighted by Crippen LogP contribution is -2.56. The Kier molecular flexibility index (Phi) is 4.27. The summed E-state index contributed by atoms with van der Waals surface area (Å²) in [5, 5.41) is 7.13. The van der Waals surface area contributed by atoms with Crippen molar-refractivity contribution in [2.75, 3.05) is 25.0 Å². The minimum Gasteiger partial charge on any atom is -0.368 e. The van der Waals surface area contributed by atoms with E-state index in [1.54, 1.807) is 4.90 Å². The molecule has 3 aromatic rings. The van der Waals surface area contributed by atoms with Gasteiger partial charge in [-0.25, -0.2) is 0 Å². The molecule has 0 spiro atoms. The summed E-state index contributed by atoms with van der Waals surface area (Å²) in [7, 11) is 0. The number of aliphatic imine (C=N–C) groups is 1. The van der Waals surface area contributed by atoms with Crippen LogP contribution in [-0.4, -0.2) is 53.2 Å². The molecule has 1 atom stereocenters. The van der Waals surface area contributed by atoms with Crippen LogP contribution in [0.2, 0.25) is 0 Å². The van der Waals surface area contributed by atoms with Crippen LogP contribution in [0.5, 0.6) is 0 Å². The molecular weight excluding hydrogens is 366 g/mol. The zero-order chi connectivity index (χ0) is 19.8. The second-order valence-electron chi connectivity index (χ2n) is 7.30. The van der Waals surface area contributed by atoms with Gasteiger partial charge in [-0.2, -0.15) is 0 Å². The third-order valence-corrected chi connectivity index (χ3v) is 5.44. The smallest absolute Gasteiger partial charge is 0.270 e. The number of rotatable bonds is 4. The first-order valence-corrected chi connectivity index (χ1v) is 9.77. The molecule has 2 aliphatic rings. The molecule has 146 valence electrons. The molecule has 29 heavy (non-hydrogen) atoms. The van der Waals surface area contributed by atoms with E-state index >= 15 is 0 Å². The van der Waals surface area contributed by atoms with Gasteiger partial charge in [-0.1, -0.05) is 18.2 Å². The number of carbonyl (C=O) groups is 2. The largest absolute Gasteiger partial charge is 0.368 e. The third-order valence-electron chi connectivity index (χ3n) is 5.44. The number of amidine groups is 1. The molecular formula is C22H21N5O2. The molecule has 0 unspecified atom stereocenters. The number of nitrogens with zero attached hydrogens (tertiary/aromatic N) is 2. The van der Waals surface area contributed by atoms with Crippen LogP contribution < -0.4 is 10.6 Å². The van der Waals surface area contributed by atoms with Gasteiger partial charge in [-0.3, -0.25) is 14.6 Å². The van der Waals surface area contributed by atoms with Crippen LogP contribution in [0.3, 0.4) is 0 Å². The van der Waals surface area contributed by atoms with E-state index in [0.29, 0.717) is 24.3 Å². The molecule has 7 nitrogen and oxygen atoms in total. The lowest BCUT2D eigenvalue weighted by atomic mass is 10.0. The van der Waals surface area contributed by atoms with Gasteiger partial charge in [0.15, 0.2) is 0 Å². The molecule has 0 bridgehead atoms. The van der Waals surface area contributed by atoms with Crippen molar-refractivity contribution in [3.05, 3.63) is 65.9 Å². The topological polar surface area (TPSA) is 89.6 Å². The summed E-state index contributed by atoms with van der Waals surface area (Å²) >= 11 is 0. The summed E-state index contributed by atoms with van der Waals surface area (Å²) in [5.41, 5.74) is 3.14. The molecule has 3 heterocycles. The molecule has 1 fully saturated rings. The van der Waals surface area contributed by atoms with E-state index in [1.807, 2.05) is 54.6 Å². The van der Waals surface area contributed by atoms with Gasteiger partial charge in [-0.05, 0) is 42.8 Å². The van der Waals surface area contributed by atoms with Crippen LogP contribution in [0.1, 0.15) is 22.5 Å². The molecule has 0 radical (unpaired) electrons. The predicted molar refractivity (Wildman–Crippen MR) is 112 cm³/mol. The van der Waals surface area contributed by atoms with Crippen molar-refractivity contribution < 1.29 is 9.59 Å². The minimum absolute atomic E-state index is 0.145. The first-order valence-electron chi connectivity index (χ1n) is 9.77. The number of amides is 2. The number of anilines is 1. The normalized spacial score (nSPS) is 18.1. The molecule has 0 saturated carbocycles. The highest BCUT2D eigenvalue weighted by molar-refractivity contribution is 6.04. The van der Waals surface area contributed by atoms with Crippen LogP contribution >= 0.6 is 0 Å². The maximum Gasteiger partial charge on any atom is 0.270 e. The number of para-hydroxylation sites is 1. The third kappa shape index (κ3) is 3.24. The van der Waals surface area contributed by atoms with Gasteiger partial charge in [0.2, 0.25) is 5.91 Å². The number of benzene rings is 2. The van der Waals surface area contributed by atoms with E-state index in [0.717, 1.165) is 35.4 Å². The SMILES string of the molecule is O=C(Nc1ccc(C2=NCCN2)cc1)[C@H]1CCN1C(=O)c1cc2ccccc2[nH]1. The highest BCUT2D eigenvalue weighted by atomic mass is 16.2. The molecule has 5 rings (SSSR count). The Labute approximate surface area is 167 Å². The Morgan fingerprint density at radius 3 is 2.62 bits per heavy atom. The summed E-state index contributed by atoms with van der Waals surface area (Å²) < 4.78 is 0. The van der Waals surface area contributed by atoms with Crippen molar-refractivity contribution in [1.29, 1.82) is 0 Å². The number of aromatic nitrogens is 1. The monoisotopic (exact) mass is 387 g/mol. The quantitative estimate of drug-likeness (QED) is 0.642. The van der Waals surface area contributed by atoms with Crippen molar-refractivity contribution in [3.63, 3.8) is 0 Å². The predicted octanol–water partition coefficient (Wildman–Crippen LogP) is 2.37. The summed E-state index contributed by atoms with van der Waals surface area (Å²) in [5.74, 6) is 0.579. The number of hydrogen-bond donors (Lipinski definition) is 3. The summed E-state index contributed by atoms with van der Waals surface area (Å²) in [6, 6.07) is 16.7. The van der Waals surface area contributed by atoms with Crippen molar-refractivity contribution >= 4 is 34.2 Å². The number of fused-ring (bicyclic) bond motifs is 1. The standard InChI is InChI=1S/C22H21N5O2/c28-21(25-16-7-5-14(6-8-16)20-23-10-11-24-20)19-9-12-27(19)22(29)18-13-15-3-1-2-4-17(15)26-18/h1-8,13,19,26H,9-12H2,(H,23,24)(H,25,28)/t19-/m1/s1. The zero-order valence-electron chi connectivity index (χ0n) is 15.8. The number of likely N-dealkylation sites (tertiary alicyclic amines) is 1. The second-order valence-corrected chi connectivity index (χ2v) is 7.30. The maximum absolute atomic E-state index is 12.9. The van der Waals surface area contributed by atoms with E-state index in [1.165, 1.54) is 0 Å². The average molecular weight is 387 g/mol. The number of carbonyl (C=O) groups excluding carboxylic acids is 2. The number of nitrogens with one attached hydrogen (secondary N) is 3. The Morgan fingerprint density at radius 2 is 1.93 bits per heavy atom. The van der Waals surface area contributed by atoms with Gasteiger partial charge >= 0.3 is 0 Å².